The zero-order chi connectivity index (χ0) is 18.4. The lowest BCUT2D eigenvalue weighted by Gasteiger charge is -2.12. The van der Waals surface area contributed by atoms with E-state index >= 15 is 0 Å². The zero-order valence-corrected chi connectivity index (χ0v) is 15.5. The second-order valence-corrected chi connectivity index (χ2v) is 6.71. The lowest BCUT2D eigenvalue weighted by Crippen LogP contribution is -2.12. The molecule has 0 saturated carbocycles. The van der Waals surface area contributed by atoms with Crippen LogP contribution in [0.2, 0.25) is 10.0 Å². The first-order valence-corrected chi connectivity index (χ1v) is 8.97. The molecule has 134 valence electrons. The maximum atomic E-state index is 12.9. The molecule has 5 heteroatoms. The van der Waals surface area contributed by atoms with Crippen molar-refractivity contribution in [3.8, 4) is 5.75 Å². The van der Waals surface area contributed by atoms with Gasteiger partial charge in [-0.05, 0) is 41.0 Å². The summed E-state index contributed by atoms with van der Waals surface area (Å²) in [5, 5.41) is 4.25. The average Bonchev–Trinajstić information content (AvgIpc) is 2.63. The van der Waals surface area contributed by atoms with Crippen LogP contribution in [0.4, 0.5) is 4.39 Å². The molecular formula is C21H18Cl2FNO. The third-order valence-corrected chi connectivity index (χ3v) is 4.42. The van der Waals surface area contributed by atoms with Gasteiger partial charge in [0.15, 0.2) is 5.75 Å². The van der Waals surface area contributed by atoms with E-state index in [0.29, 0.717) is 35.5 Å². The molecule has 1 N–H and O–H groups in total. The highest BCUT2D eigenvalue weighted by molar-refractivity contribution is 6.37. The van der Waals surface area contributed by atoms with E-state index < -0.39 is 0 Å². The smallest absolute Gasteiger partial charge is 0.156 e. The fraction of sp³-hybridized carbons (Fsp3) is 0.143. The van der Waals surface area contributed by atoms with E-state index in [1.54, 1.807) is 12.1 Å². The summed E-state index contributed by atoms with van der Waals surface area (Å²) in [4.78, 5) is 0. The van der Waals surface area contributed by atoms with Gasteiger partial charge in [0.2, 0.25) is 0 Å². The largest absolute Gasteiger partial charge is 0.486 e. The van der Waals surface area contributed by atoms with Crippen LogP contribution in [0.5, 0.6) is 5.75 Å². The SMILES string of the molecule is Fc1ccc(CNCc2cc(Cl)c(OCc3ccccc3)c(Cl)c2)cc1. The van der Waals surface area contributed by atoms with Crippen molar-refractivity contribution >= 4 is 23.2 Å². The molecule has 3 aromatic carbocycles. The predicted octanol–water partition coefficient (Wildman–Crippen LogP) is 6.00. The first-order chi connectivity index (χ1) is 12.6. The van der Waals surface area contributed by atoms with Crippen molar-refractivity contribution < 1.29 is 9.13 Å². The lowest BCUT2D eigenvalue weighted by molar-refractivity contribution is 0.306. The minimum atomic E-state index is -0.238. The van der Waals surface area contributed by atoms with Crippen molar-refractivity contribution in [1.82, 2.24) is 5.32 Å². The minimum absolute atomic E-state index is 0.238. The third-order valence-electron chi connectivity index (χ3n) is 3.86. The van der Waals surface area contributed by atoms with Gasteiger partial charge < -0.3 is 10.1 Å². The standard InChI is InChI=1S/C21H18Cl2FNO/c22-19-10-17(13-25-12-15-6-8-18(24)9-7-15)11-20(23)21(19)26-14-16-4-2-1-3-5-16/h1-11,25H,12-14H2. The van der Waals surface area contributed by atoms with Crippen LogP contribution in [-0.4, -0.2) is 0 Å². The number of hydrogen-bond acceptors (Lipinski definition) is 2. The maximum absolute atomic E-state index is 12.9. The van der Waals surface area contributed by atoms with Gasteiger partial charge >= 0.3 is 0 Å². The summed E-state index contributed by atoms with van der Waals surface area (Å²) in [6.07, 6.45) is 0. The molecule has 0 fully saturated rings. The van der Waals surface area contributed by atoms with Crippen LogP contribution in [0.25, 0.3) is 0 Å². The molecule has 0 amide bonds. The fourth-order valence-corrected chi connectivity index (χ4v) is 3.18. The van der Waals surface area contributed by atoms with Gasteiger partial charge in [-0.1, -0.05) is 65.7 Å². The van der Waals surface area contributed by atoms with E-state index in [-0.39, 0.29) is 5.82 Å². The van der Waals surface area contributed by atoms with Crippen LogP contribution in [0.3, 0.4) is 0 Å². The first-order valence-electron chi connectivity index (χ1n) is 8.21. The Balaban J connectivity index is 1.58. The van der Waals surface area contributed by atoms with Gasteiger partial charge in [0.25, 0.3) is 0 Å². The third kappa shape index (κ3) is 5.21. The number of rotatable bonds is 7. The fourth-order valence-electron chi connectivity index (χ4n) is 2.54. The van der Waals surface area contributed by atoms with Crippen LogP contribution < -0.4 is 10.1 Å². The molecule has 0 radical (unpaired) electrons. The van der Waals surface area contributed by atoms with Crippen molar-refractivity contribution in [1.29, 1.82) is 0 Å². The summed E-state index contributed by atoms with van der Waals surface area (Å²) in [7, 11) is 0. The van der Waals surface area contributed by atoms with Crippen molar-refractivity contribution in [3.05, 3.63) is 99.3 Å². The van der Waals surface area contributed by atoms with Crippen LogP contribution in [0.15, 0.2) is 66.7 Å². The molecule has 26 heavy (non-hydrogen) atoms. The van der Waals surface area contributed by atoms with Gasteiger partial charge in [-0.15, -0.1) is 0 Å². The van der Waals surface area contributed by atoms with E-state index in [0.717, 1.165) is 16.7 Å². The van der Waals surface area contributed by atoms with Crippen LogP contribution in [0.1, 0.15) is 16.7 Å². The molecule has 0 bridgehead atoms. The summed E-state index contributed by atoms with van der Waals surface area (Å²) in [5.74, 6) is 0.248. The molecule has 3 aromatic rings. The number of ether oxygens (including phenoxy) is 1. The first kappa shape index (κ1) is 18.7. The van der Waals surface area contributed by atoms with Gasteiger partial charge in [-0.25, -0.2) is 4.39 Å². The minimum Gasteiger partial charge on any atom is -0.486 e. The Labute approximate surface area is 162 Å². The van der Waals surface area contributed by atoms with Crippen LogP contribution in [0, 0.1) is 5.82 Å². The highest BCUT2D eigenvalue weighted by Crippen LogP contribution is 2.34. The Morgan fingerprint density at radius 1 is 0.769 bits per heavy atom. The second kappa shape index (κ2) is 9.04. The molecule has 0 spiro atoms. The number of benzene rings is 3. The topological polar surface area (TPSA) is 21.3 Å². The zero-order valence-electron chi connectivity index (χ0n) is 14.0. The Bertz CT molecular complexity index is 831. The maximum Gasteiger partial charge on any atom is 0.156 e. The molecule has 0 atom stereocenters. The lowest BCUT2D eigenvalue weighted by atomic mass is 10.2. The van der Waals surface area contributed by atoms with Crippen molar-refractivity contribution in [2.75, 3.05) is 0 Å². The molecule has 0 saturated heterocycles. The van der Waals surface area contributed by atoms with Crippen molar-refractivity contribution in [2.24, 2.45) is 0 Å². The average molecular weight is 390 g/mol. The number of nitrogens with one attached hydrogen (secondary N) is 1. The summed E-state index contributed by atoms with van der Waals surface area (Å²) >= 11 is 12.7. The highest BCUT2D eigenvalue weighted by Gasteiger charge is 2.10. The molecule has 2 nitrogen and oxygen atoms in total. The molecule has 0 aliphatic rings. The molecule has 0 aromatic heterocycles. The molecule has 0 heterocycles. The molecule has 3 rings (SSSR count). The van der Waals surface area contributed by atoms with E-state index in [1.807, 2.05) is 42.5 Å². The summed E-state index contributed by atoms with van der Waals surface area (Å²) < 4.78 is 18.7. The van der Waals surface area contributed by atoms with Gasteiger partial charge in [0, 0.05) is 13.1 Å². The van der Waals surface area contributed by atoms with Crippen LogP contribution >= 0.6 is 23.2 Å². The molecule has 0 aliphatic carbocycles. The number of hydrogen-bond donors (Lipinski definition) is 1. The predicted molar refractivity (Wildman–Crippen MR) is 104 cm³/mol. The Hall–Kier alpha value is -2.07. The van der Waals surface area contributed by atoms with Gasteiger partial charge in [-0.3, -0.25) is 0 Å². The normalized spacial score (nSPS) is 10.7. The summed E-state index contributed by atoms with van der Waals surface area (Å²) in [6.45, 7) is 1.63. The van der Waals surface area contributed by atoms with Crippen molar-refractivity contribution in [3.63, 3.8) is 0 Å². The van der Waals surface area contributed by atoms with Gasteiger partial charge in [-0.2, -0.15) is 0 Å². The van der Waals surface area contributed by atoms with E-state index in [4.69, 9.17) is 27.9 Å². The molecule has 0 unspecified atom stereocenters. The van der Waals surface area contributed by atoms with Gasteiger partial charge in [0.05, 0.1) is 10.0 Å². The van der Waals surface area contributed by atoms with Gasteiger partial charge in [0.1, 0.15) is 12.4 Å². The molecular weight excluding hydrogens is 372 g/mol. The summed E-state index contributed by atoms with van der Waals surface area (Å²) in [6, 6.07) is 19.9. The quantitative estimate of drug-likeness (QED) is 0.534. The van der Waals surface area contributed by atoms with Crippen LogP contribution in [-0.2, 0) is 19.7 Å². The van der Waals surface area contributed by atoms with E-state index in [9.17, 15) is 4.39 Å². The van der Waals surface area contributed by atoms with Crippen molar-refractivity contribution in [2.45, 2.75) is 19.7 Å². The highest BCUT2D eigenvalue weighted by atomic mass is 35.5. The molecule has 0 aliphatic heterocycles. The Morgan fingerprint density at radius 3 is 2.04 bits per heavy atom. The summed E-state index contributed by atoms with van der Waals surface area (Å²) in [5.41, 5.74) is 3.00. The van der Waals surface area contributed by atoms with E-state index in [2.05, 4.69) is 5.32 Å². The number of halogens is 3. The van der Waals surface area contributed by atoms with E-state index in [1.165, 1.54) is 12.1 Å². The Morgan fingerprint density at radius 2 is 1.38 bits per heavy atom. The monoisotopic (exact) mass is 389 g/mol. The Kier molecular flexibility index (Phi) is 6.51. The second-order valence-electron chi connectivity index (χ2n) is 5.89.